The largest absolute Gasteiger partial charge is 0.436 e. The van der Waals surface area contributed by atoms with Crippen LogP contribution in [0.3, 0.4) is 0 Å². The van der Waals surface area contributed by atoms with E-state index in [1.807, 2.05) is 50.7 Å². The summed E-state index contributed by atoms with van der Waals surface area (Å²) >= 11 is 0. The predicted molar refractivity (Wildman–Crippen MR) is 126 cm³/mol. The third-order valence-corrected chi connectivity index (χ3v) is 6.49. The maximum atomic E-state index is 9.95. The molecule has 1 fully saturated rings. The number of hydrogen-bond donors (Lipinski definition) is 0. The summed E-state index contributed by atoms with van der Waals surface area (Å²) in [6.07, 6.45) is 3.13. The Balaban J connectivity index is 1.58. The van der Waals surface area contributed by atoms with Crippen molar-refractivity contribution in [2.24, 2.45) is 13.0 Å². The van der Waals surface area contributed by atoms with Crippen molar-refractivity contribution in [3.8, 4) is 28.8 Å². The van der Waals surface area contributed by atoms with Crippen molar-refractivity contribution in [1.82, 2.24) is 14.5 Å². The minimum absolute atomic E-state index is 0.503. The number of fused-ring (bicyclic) bond motifs is 1. The number of aryl methyl sites for hydroxylation is 4. The van der Waals surface area contributed by atoms with E-state index in [2.05, 4.69) is 47.2 Å². The molecule has 0 aliphatic heterocycles. The number of nitriles is 1. The maximum Gasteiger partial charge on any atom is 0.247 e. The quantitative estimate of drug-likeness (QED) is 0.384. The van der Waals surface area contributed by atoms with Crippen LogP contribution in [0.1, 0.15) is 47.3 Å². The highest BCUT2D eigenvalue weighted by molar-refractivity contribution is 5.81. The first-order valence-corrected chi connectivity index (χ1v) is 11.0. The van der Waals surface area contributed by atoms with E-state index < -0.39 is 0 Å². The van der Waals surface area contributed by atoms with Crippen LogP contribution in [0.2, 0.25) is 0 Å². The maximum absolute atomic E-state index is 9.95. The molecule has 1 aliphatic rings. The average Bonchev–Trinajstić information content (AvgIpc) is 3.38. The molecule has 0 radical (unpaired) electrons. The van der Waals surface area contributed by atoms with Crippen LogP contribution in [0.5, 0.6) is 11.6 Å². The molecule has 2 aromatic carbocycles. The number of hydrogen-bond acceptors (Lipinski definition) is 4. The summed E-state index contributed by atoms with van der Waals surface area (Å²) in [5.74, 6) is 3.18. The Bertz CT molecular complexity index is 1390. The van der Waals surface area contributed by atoms with Gasteiger partial charge in [0.15, 0.2) is 0 Å². The molecule has 4 aromatic rings. The van der Waals surface area contributed by atoms with Gasteiger partial charge in [-0.25, -0.2) is 4.98 Å². The van der Waals surface area contributed by atoms with E-state index in [4.69, 9.17) is 4.74 Å². The molecule has 2 heterocycles. The molecule has 5 rings (SSSR count). The standard InChI is InChI=1S/C27H26N4O/c1-15-13-22(15)21-8-6-7-20(23(21)14-28)19-11-16(2)26(17(3)12-19)32-27-25-24(9-10-31(25)5)29-18(4)30-27/h6-12,15,22H,13H2,1-5H3. The van der Waals surface area contributed by atoms with Crippen LogP contribution in [0.25, 0.3) is 22.2 Å². The topological polar surface area (TPSA) is 63.7 Å². The zero-order valence-corrected chi connectivity index (χ0v) is 19.1. The molecule has 0 bridgehead atoms. The van der Waals surface area contributed by atoms with Crippen molar-refractivity contribution < 1.29 is 4.74 Å². The van der Waals surface area contributed by atoms with E-state index in [9.17, 15) is 5.26 Å². The van der Waals surface area contributed by atoms with Crippen molar-refractivity contribution in [2.45, 2.75) is 40.0 Å². The molecule has 160 valence electrons. The zero-order chi connectivity index (χ0) is 22.6. The predicted octanol–water partition coefficient (Wildman–Crippen LogP) is 6.35. The van der Waals surface area contributed by atoms with Crippen molar-refractivity contribution in [3.05, 3.63) is 70.7 Å². The molecule has 0 N–H and O–H groups in total. The molecule has 2 aromatic heterocycles. The van der Waals surface area contributed by atoms with Gasteiger partial charge in [-0.2, -0.15) is 10.2 Å². The van der Waals surface area contributed by atoms with E-state index in [-0.39, 0.29) is 0 Å². The summed E-state index contributed by atoms with van der Waals surface area (Å²) < 4.78 is 8.35. The smallest absolute Gasteiger partial charge is 0.247 e. The summed E-state index contributed by atoms with van der Waals surface area (Å²) in [7, 11) is 1.97. The summed E-state index contributed by atoms with van der Waals surface area (Å²) in [5.41, 5.74) is 7.76. The van der Waals surface area contributed by atoms with Crippen LogP contribution >= 0.6 is 0 Å². The van der Waals surface area contributed by atoms with Gasteiger partial charge in [0.25, 0.3) is 0 Å². The van der Waals surface area contributed by atoms with Crippen LogP contribution in [-0.4, -0.2) is 14.5 Å². The van der Waals surface area contributed by atoms with Crippen LogP contribution < -0.4 is 4.74 Å². The van der Waals surface area contributed by atoms with Crippen molar-refractivity contribution >= 4 is 11.0 Å². The Hall–Kier alpha value is -3.65. The number of nitrogens with zero attached hydrogens (tertiary/aromatic N) is 4. The molecule has 0 saturated heterocycles. The first kappa shape index (κ1) is 20.3. The number of aromatic nitrogens is 3. The molecule has 32 heavy (non-hydrogen) atoms. The fourth-order valence-electron chi connectivity index (χ4n) is 4.70. The second-order valence-electron chi connectivity index (χ2n) is 8.98. The van der Waals surface area contributed by atoms with E-state index in [1.54, 1.807) is 0 Å². The molecule has 5 nitrogen and oxygen atoms in total. The molecular formula is C27H26N4O. The van der Waals surface area contributed by atoms with E-state index in [0.717, 1.165) is 51.0 Å². The van der Waals surface area contributed by atoms with E-state index in [1.165, 1.54) is 5.56 Å². The van der Waals surface area contributed by atoms with Gasteiger partial charge in [0.1, 0.15) is 23.2 Å². The Morgan fingerprint density at radius 3 is 2.47 bits per heavy atom. The highest BCUT2D eigenvalue weighted by Crippen LogP contribution is 2.49. The van der Waals surface area contributed by atoms with Gasteiger partial charge in [0, 0.05) is 13.2 Å². The van der Waals surface area contributed by atoms with Crippen molar-refractivity contribution in [2.75, 3.05) is 0 Å². The SMILES string of the molecule is Cc1nc(Oc2c(C)cc(-c3cccc(C4CC4C)c3C#N)cc2C)c2c(ccn2C)n1. The van der Waals surface area contributed by atoms with E-state index >= 15 is 0 Å². The molecule has 2 unspecified atom stereocenters. The van der Waals surface area contributed by atoms with E-state index in [0.29, 0.717) is 23.5 Å². The summed E-state index contributed by atoms with van der Waals surface area (Å²) in [6.45, 7) is 8.21. The lowest BCUT2D eigenvalue weighted by Gasteiger charge is -2.16. The Morgan fingerprint density at radius 2 is 1.81 bits per heavy atom. The molecule has 1 saturated carbocycles. The molecular weight excluding hydrogens is 396 g/mol. The molecule has 0 spiro atoms. The number of ether oxygens (including phenoxy) is 1. The van der Waals surface area contributed by atoms with Gasteiger partial charge in [-0.3, -0.25) is 0 Å². The second kappa shape index (κ2) is 7.49. The highest BCUT2D eigenvalue weighted by Gasteiger charge is 2.36. The first-order valence-electron chi connectivity index (χ1n) is 11.0. The molecule has 0 amide bonds. The summed E-state index contributed by atoms with van der Waals surface area (Å²) in [5, 5.41) is 9.95. The lowest BCUT2D eigenvalue weighted by atomic mass is 9.91. The third kappa shape index (κ3) is 3.33. The van der Waals surface area contributed by atoms with Gasteiger partial charge >= 0.3 is 0 Å². The third-order valence-electron chi connectivity index (χ3n) is 6.49. The van der Waals surface area contributed by atoms with Gasteiger partial charge in [0.2, 0.25) is 5.88 Å². The van der Waals surface area contributed by atoms with Gasteiger partial charge in [-0.15, -0.1) is 0 Å². The first-order chi connectivity index (χ1) is 15.4. The van der Waals surface area contributed by atoms with Crippen LogP contribution in [-0.2, 0) is 7.05 Å². The van der Waals surface area contributed by atoms with Gasteiger partial charge < -0.3 is 9.30 Å². The summed E-state index contributed by atoms with van der Waals surface area (Å²) in [4.78, 5) is 9.07. The number of rotatable bonds is 4. The van der Waals surface area contributed by atoms with Crippen LogP contribution in [0, 0.1) is 38.0 Å². The lowest BCUT2D eigenvalue weighted by molar-refractivity contribution is 0.457. The molecule has 5 heteroatoms. The number of benzene rings is 2. The van der Waals surface area contributed by atoms with Crippen LogP contribution in [0.15, 0.2) is 42.6 Å². The fraction of sp³-hybridized carbons (Fsp3) is 0.296. The van der Waals surface area contributed by atoms with Gasteiger partial charge in [-0.1, -0.05) is 25.1 Å². The second-order valence-corrected chi connectivity index (χ2v) is 8.98. The van der Waals surface area contributed by atoms with Gasteiger partial charge in [-0.05, 0) is 85.0 Å². The summed E-state index contributed by atoms with van der Waals surface area (Å²) in [6, 6.07) is 14.9. The minimum atomic E-state index is 0.503. The lowest BCUT2D eigenvalue weighted by Crippen LogP contribution is -2.00. The monoisotopic (exact) mass is 422 g/mol. The normalized spacial score (nSPS) is 17.4. The van der Waals surface area contributed by atoms with Crippen molar-refractivity contribution in [1.29, 1.82) is 5.26 Å². The van der Waals surface area contributed by atoms with Gasteiger partial charge in [0.05, 0.1) is 11.1 Å². The van der Waals surface area contributed by atoms with Crippen LogP contribution in [0.4, 0.5) is 0 Å². The zero-order valence-electron chi connectivity index (χ0n) is 19.1. The Morgan fingerprint density at radius 1 is 1.09 bits per heavy atom. The van der Waals surface area contributed by atoms with Crippen molar-refractivity contribution in [3.63, 3.8) is 0 Å². The minimum Gasteiger partial charge on any atom is -0.436 e. The Labute approximate surface area is 188 Å². The highest BCUT2D eigenvalue weighted by atomic mass is 16.5. The fourth-order valence-corrected chi connectivity index (χ4v) is 4.70. The molecule has 2 atom stereocenters. The Kier molecular flexibility index (Phi) is 4.74. The molecule has 1 aliphatic carbocycles. The average molecular weight is 423 g/mol.